The van der Waals surface area contributed by atoms with E-state index in [0.29, 0.717) is 44.7 Å². The number of amides is 2. The molecule has 2 fully saturated rings. The lowest BCUT2D eigenvalue weighted by Gasteiger charge is -2.43. The Hall–Kier alpha value is -2.04. The third-order valence-corrected chi connectivity index (χ3v) is 7.05. The van der Waals surface area contributed by atoms with Gasteiger partial charge >= 0.3 is 0 Å². The Kier molecular flexibility index (Phi) is 9.06. The van der Waals surface area contributed by atoms with Gasteiger partial charge in [-0.15, -0.1) is 0 Å². The molecule has 2 saturated heterocycles. The largest absolute Gasteiger partial charge is 0.396 e. The van der Waals surface area contributed by atoms with E-state index in [0.717, 1.165) is 0 Å². The fourth-order valence-electron chi connectivity index (χ4n) is 4.27. The van der Waals surface area contributed by atoms with E-state index in [2.05, 4.69) is 0 Å². The molecule has 188 valence electrons. The second-order valence-electron chi connectivity index (χ2n) is 9.41. The number of aliphatic hydroxyl groups excluding tert-OH is 3. The molecule has 8 nitrogen and oxygen atoms in total. The van der Waals surface area contributed by atoms with Crippen molar-refractivity contribution in [3.8, 4) is 0 Å². The molecule has 2 aliphatic heterocycles. The van der Waals surface area contributed by atoms with Crippen molar-refractivity contribution in [1.29, 1.82) is 0 Å². The Morgan fingerprint density at radius 3 is 2.74 bits per heavy atom. The summed E-state index contributed by atoms with van der Waals surface area (Å²) in [5.74, 6) is -0.918. The number of hydrogen-bond acceptors (Lipinski definition) is 6. The van der Waals surface area contributed by atoms with Gasteiger partial charge in [0.2, 0.25) is 11.8 Å². The first-order chi connectivity index (χ1) is 16.1. The first kappa shape index (κ1) is 26.6. The average Bonchev–Trinajstić information content (AvgIpc) is 2.98. The molecule has 3 atom stereocenters. The van der Waals surface area contributed by atoms with Crippen LogP contribution in [0.5, 0.6) is 0 Å². The Morgan fingerprint density at radius 2 is 2.06 bits per heavy atom. The van der Waals surface area contributed by atoms with Crippen LogP contribution in [0.15, 0.2) is 24.3 Å². The minimum Gasteiger partial charge on any atom is -0.396 e. The smallest absolute Gasteiger partial charge is 0.246 e. The van der Waals surface area contributed by atoms with Crippen molar-refractivity contribution in [2.24, 2.45) is 5.41 Å². The Bertz CT molecular complexity index is 917. The quantitative estimate of drug-likeness (QED) is 0.485. The van der Waals surface area contributed by atoms with E-state index in [4.69, 9.17) is 11.6 Å². The lowest BCUT2D eigenvalue weighted by Crippen LogP contribution is -2.53. The summed E-state index contributed by atoms with van der Waals surface area (Å²) in [6.07, 6.45) is 2.23. The highest BCUT2D eigenvalue weighted by atomic mass is 35.5. The van der Waals surface area contributed by atoms with Crippen LogP contribution >= 0.6 is 11.6 Å². The van der Waals surface area contributed by atoms with Gasteiger partial charge in [-0.1, -0.05) is 24.6 Å². The number of hydrogen-bond donors (Lipinski definition) is 3. The predicted octanol–water partition coefficient (Wildman–Crippen LogP) is 0.979. The second kappa shape index (κ2) is 11.6. The van der Waals surface area contributed by atoms with Crippen LogP contribution in [-0.2, 0) is 9.59 Å². The van der Waals surface area contributed by atoms with Gasteiger partial charge in [0.05, 0.1) is 23.8 Å². The standard InChI is InChI=1S/C24H33ClFN3O5/c1-24(16-30)7-9-27(15-21(24)32)13-18(31)14-29-11-10-28(8-6-23(29)34)22(33)5-3-17-2-4-20(26)19(25)12-17/h2-5,12,18,21,30-32H,6-11,13-16H2,1H3/b5-3+/t18-,21-,24-/m0/s1. The normalized spacial score (nSPS) is 25.6. The molecular weight excluding hydrogens is 465 g/mol. The fourth-order valence-corrected chi connectivity index (χ4v) is 4.45. The zero-order valence-electron chi connectivity index (χ0n) is 19.4. The van der Waals surface area contributed by atoms with Crippen molar-refractivity contribution in [2.45, 2.75) is 32.0 Å². The van der Waals surface area contributed by atoms with Gasteiger partial charge in [0.1, 0.15) is 5.82 Å². The van der Waals surface area contributed by atoms with Gasteiger partial charge in [0.15, 0.2) is 0 Å². The third-order valence-electron chi connectivity index (χ3n) is 6.76. The predicted molar refractivity (Wildman–Crippen MR) is 126 cm³/mol. The van der Waals surface area contributed by atoms with Gasteiger partial charge < -0.3 is 25.1 Å². The van der Waals surface area contributed by atoms with Crippen molar-refractivity contribution in [3.63, 3.8) is 0 Å². The lowest BCUT2D eigenvalue weighted by atomic mass is 9.78. The topological polar surface area (TPSA) is 105 Å². The van der Waals surface area contributed by atoms with Crippen molar-refractivity contribution < 1.29 is 29.3 Å². The number of aliphatic hydroxyl groups is 3. The summed E-state index contributed by atoms with van der Waals surface area (Å²) in [4.78, 5) is 30.2. The summed E-state index contributed by atoms with van der Waals surface area (Å²) in [5.41, 5.74) is 0.0628. The number of piperidine rings is 1. The van der Waals surface area contributed by atoms with Gasteiger partial charge in [-0.05, 0) is 36.7 Å². The fraction of sp³-hybridized carbons (Fsp3) is 0.583. The van der Waals surface area contributed by atoms with Crippen molar-refractivity contribution in [1.82, 2.24) is 14.7 Å². The van der Waals surface area contributed by atoms with Gasteiger partial charge in [-0.25, -0.2) is 4.39 Å². The van der Waals surface area contributed by atoms with E-state index in [1.807, 2.05) is 11.8 Å². The van der Waals surface area contributed by atoms with Crippen molar-refractivity contribution in [2.75, 3.05) is 52.4 Å². The lowest BCUT2D eigenvalue weighted by molar-refractivity contribution is -0.132. The molecule has 0 saturated carbocycles. The molecule has 10 heteroatoms. The van der Waals surface area contributed by atoms with Crippen LogP contribution in [0.4, 0.5) is 4.39 Å². The summed E-state index contributed by atoms with van der Waals surface area (Å²) in [7, 11) is 0. The summed E-state index contributed by atoms with van der Waals surface area (Å²) < 4.78 is 13.3. The molecule has 0 aromatic heterocycles. The van der Waals surface area contributed by atoms with Crippen molar-refractivity contribution >= 4 is 29.5 Å². The number of benzene rings is 1. The number of halogens is 2. The van der Waals surface area contributed by atoms with E-state index in [1.54, 1.807) is 15.9 Å². The summed E-state index contributed by atoms with van der Waals surface area (Å²) in [6, 6.07) is 4.18. The molecule has 0 unspecified atom stereocenters. The van der Waals surface area contributed by atoms with Gasteiger partial charge in [0, 0.05) is 57.2 Å². The number of β-amino-alcohol motifs (C(OH)–C–C–N with tert-alkyl or cyclic N) is 2. The van der Waals surface area contributed by atoms with E-state index in [-0.39, 0.29) is 43.0 Å². The number of rotatable bonds is 7. The molecule has 34 heavy (non-hydrogen) atoms. The molecule has 2 aliphatic rings. The monoisotopic (exact) mass is 497 g/mol. The first-order valence-corrected chi connectivity index (χ1v) is 11.9. The van der Waals surface area contributed by atoms with Crippen LogP contribution in [0.3, 0.4) is 0 Å². The average molecular weight is 498 g/mol. The first-order valence-electron chi connectivity index (χ1n) is 11.5. The summed E-state index contributed by atoms with van der Waals surface area (Å²) in [5, 5.41) is 30.4. The van der Waals surface area contributed by atoms with Crippen LogP contribution < -0.4 is 0 Å². The second-order valence-corrected chi connectivity index (χ2v) is 9.82. The van der Waals surface area contributed by atoms with Crippen LogP contribution in [0, 0.1) is 11.2 Å². The number of likely N-dealkylation sites (tertiary alicyclic amines) is 1. The number of carbonyl (C=O) groups excluding carboxylic acids is 2. The Labute approximate surface area is 204 Å². The van der Waals surface area contributed by atoms with Crippen LogP contribution in [0.1, 0.15) is 25.3 Å². The minimum atomic E-state index is -0.792. The molecule has 3 N–H and O–H groups in total. The highest BCUT2D eigenvalue weighted by molar-refractivity contribution is 6.30. The van der Waals surface area contributed by atoms with Gasteiger partial charge in [-0.3, -0.25) is 14.5 Å². The number of nitrogens with zero attached hydrogens (tertiary/aromatic N) is 3. The minimum absolute atomic E-state index is 0.0226. The highest BCUT2D eigenvalue weighted by Gasteiger charge is 2.38. The molecule has 1 aromatic carbocycles. The van der Waals surface area contributed by atoms with E-state index >= 15 is 0 Å². The maximum Gasteiger partial charge on any atom is 0.246 e. The summed E-state index contributed by atoms with van der Waals surface area (Å²) in [6.45, 7) is 4.14. The number of carbonyl (C=O) groups is 2. The Morgan fingerprint density at radius 1 is 1.29 bits per heavy atom. The Balaban J connectivity index is 1.49. The molecule has 0 spiro atoms. The van der Waals surface area contributed by atoms with E-state index < -0.39 is 23.4 Å². The van der Waals surface area contributed by atoms with Crippen LogP contribution in [0.2, 0.25) is 5.02 Å². The maximum atomic E-state index is 13.3. The third kappa shape index (κ3) is 6.76. The molecule has 0 aliphatic carbocycles. The molecule has 1 aromatic rings. The molecule has 2 amide bonds. The van der Waals surface area contributed by atoms with Crippen molar-refractivity contribution in [3.05, 3.63) is 40.7 Å². The maximum absolute atomic E-state index is 13.3. The molecule has 0 radical (unpaired) electrons. The highest BCUT2D eigenvalue weighted by Crippen LogP contribution is 2.30. The van der Waals surface area contributed by atoms with Gasteiger partial charge in [-0.2, -0.15) is 0 Å². The van der Waals surface area contributed by atoms with E-state index in [1.165, 1.54) is 24.3 Å². The zero-order valence-corrected chi connectivity index (χ0v) is 20.1. The molecule has 2 heterocycles. The zero-order chi connectivity index (χ0) is 24.9. The summed E-state index contributed by atoms with van der Waals surface area (Å²) >= 11 is 5.77. The van der Waals surface area contributed by atoms with E-state index in [9.17, 15) is 29.3 Å². The molecular formula is C24H33ClFN3O5. The van der Waals surface area contributed by atoms with Crippen LogP contribution in [0.25, 0.3) is 6.08 Å². The van der Waals surface area contributed by atoms with Crippen LogP contribution in [-0.4, -0.2) is 106 Å². The van der Waals surface area contributed by atoms with Gasteiger partial charge in [0.25, 0.3) is 0 Å². The SMILES string of the molecule is C[C@@]1(CO)CCN(C[C@H](O)CN2CCN(C(=O)/C=C/c3ccc(F)c(Cl)c3)CCC2=O)C[C@@H]1O. The molecule has 3 rings (SSSR count). The molecule has 0 bridgehead atoms.